The summed E-state index contributed by atoms with van der Waals surface area (Å²) < 4.78 is 0. The number of hydrogen-bond donors (Lipinski definition) is 2. The summed E-state index contributed by atoms with van der Waals surface area (Å²) in [5, 5.41) is 3.59. The van der Waals surface area contributed by atoms with Crippen LogP contribution in [0.3, 0.4) is 0 Å². The number of guanidine groups is 1. The highest BCUT2D eigenvalue weighted by molar-refractivity contribution is 5.78. The van der Waals surface area contributed by atoms with Gasteiger partial charge >= 0.3 is 0 Å². The van der Waals surface area contributed by atoms with E-state index < -0.39 is 0 Å². The van der Waals surface area contributed by atoms with Gasteiger partial charge in [0.25, 0.3) is 0 Å². The average molecular weight is 284 g/mol. The molecule has 0 unspecified atom stereocenters. The van der Waals surface area contributed by atoms with Gasteiger partial charge in [-0.3, -0.25) is 4.98 Å². The highest BCUT2D eigenvalue weighted by atomic mass is 15.1. The zero-order chi connectivity index (χ0) is 14.3. The van der Waals surface area contributed by atoms with Crippen LogP contribution in [0.5, 0.6) is 0 Å². The van der Waals surface area contributed by atoms with Gasteiger partial charge in [0.1, 0.15) is 0 Å². The minimum atomic E-state index is 0.243. The second kappa shape index (κ2) is 5.00. The van der Waals surface area contributed by atoms with Crippen LogP contribution in [-0.4, -0.2) is 16.5 Å². The van der Waals surface area contributed by atoms with Crippen LogP contribution in [0.4, 0.5) is 0 Å². The fraction of sp³-hybridized carbons (Fsp3) is 0.647. The maximum Gasteiger partial charge on any atom is 0.189 e. The first-order chi connectivity index (χ1) is 10.2. The normalized spacial score (nSPS) is 37.7. The third-order valence-corrected chi connectivity index (χ3v) is 5.57. The summed E-state index contributed by atoms with van der Waals surface area (Å²) in [6, 6.07) is 5.90. The van der Waals surface area contributed by atoms with Gasteiger partial charge in [-0.25, -0.2) is 4.99 Å². The van der Waals surface area contributed by atoms with Gasteiger partial charge in [-0.15, -0.1) is 0 Å². The number of nitrogens with zero attached hydrogens (tertiary/aromatic N) is 2. The molecule has 3 N–H and O–H groups in total. The van der Waals surface area contributed by atoms with Crippen molar-refractivity contribution in [2.24, 2.45) is 28.5 Å². The molecule has 4 bridgehead atoms. The third-order valence-electron chi connectivity index (χ3n) is 5.57. The molecule has 1 heterocycles. The molecule has 4 aliphatic carbocycles. The molecule has 0 radical (unpaired) electrons. The molecule has 4 nitrogen and oxygen atoms in total. The van der Waals surface area contributed by atoms with Crippen LogP contribution in [0.2, 0.25) is 0 Å². The molecule has 0 saturated heterocycles. The minimum Gasteiger partial charge on any atom is -0.370 e. The fourth-order valence-corrected chi connectivity index (χ4v) is 5.23. The number of rotatable bonds is 3. The molecule has 4 heteroatoms. The zero-order valence-corrected chi connectivity index (χ0v) is 12.5. The van der Waals surface area contributed by atoms with Crippen molar-refractivity contribution in [1.29, 1.82) is 0 Å². The summed E-state index contributed by atoms with van der Waals surface area (Å²) in [5.41, 5.74) is 7.36. The fourth-order valence-electron chi connectivity index (χ4n) is 5.23. The Balaban J connectivity index is 1.43. The second-order valence-corrected chi connectivity index (χ2v) is 7.35. The van der Waals surface area contributed by atoms with E-state index in [2.05, 4.69) is 15.3 Å². The Morgan fingerprint density at radius 2 is 1.86 bits per heavy atom. The van der Waals surface area contributed by atoms with Crippen LogP contribution in [0.25, 0.3) is 0 Å². The van der Waals surface area contributed by atoms with Crippen molar-refractivity contribution in [3.05, 3.63) is 30.1 Å². The van der Waals surface area contributed by atoms with E-state index in [1.54, 1.807) is 6.20 Å². The Morgan fingerprint density at radius 1 is 1.19 bits per heavy atom. The van der Waals surface area contributed by atoms with Crippen molar-refractivity contribution in [3.63, 3.8) is 0 Å². The number of hydrogen-bond acceptors (Lipinski definition) is 2. The van der Waals surface area contributed by atoms with Gasteiger partial charge in [-0.05, 0) is 68.4 Å². The molecule has 0 spiro atoms. The van der Waals surface area contributed by atoms with Crippen LogP contribution in [0.1, 0.15) is 44.2 Å². The maximum absolute atomic E-state index is 6.15. The summed E-state index contributed by atoms with van der Waals surface area (Å²) in [6.45, 7) is 0.562. The van der Waals surface area contributed by atoms with E-state index in [-0.39, 0.29) is 5.54 Å². The zero-order valence-electron chi connectivity index (χ0n) is 12.5. The predicted octanol–water partition coefficient (Wildman–Crippen LogP) is 2.45. The molecular weight excluding hydrogens is 260 g/mol. The maximum atomic E-state index is 6.15. The summed E-state index contributed by atoms with van der Waals surface area (Å²) in [6.07, 6.45) is 10.0. The molecule has 4 fully saturated rings. The Hall–Kier alpha value is -1.58. The molecule has 0 aliphatic heterocycles. The van der Waals surface area contributed by atoms with Crippen molar-refractivity contribution < 1.29 is 0 Å². The topological polar surface area (TPSA) is 63.3 Å². The van der Waals surface area contributed by atoms with Crippen molar-refractivity contribution in [1.82, 2.24) is 10.3 Å². The Bertz CT molecular complexity index is 502. The summed E-state index contributed by atoms with van der Waals surface area (Å²) in [5.74, 6) is 3.37. The largest absolute Gasteiger partial charge is 0.370 e. The number of aliphatic imine (C=N–C) groups is 1. The van der Waals surface area contributed by atoms with Crippen LogP contribution in [0.15, 0.2) is 29.4 Å². The predicted molar refractivity (Wildman–Crippen MR) is 83.6 cm³/mol. The summed E-state index contributed by atoms with van der Waals surface area (Å²) >= 11 is 0. The summed E-state index contributed by atoms with van der Waals surface area (Å²) in [7, 11) is 0. The van der Waals surface area contributed by atoms with E-state index in [1.165, 1.54) is 38.5 Å². The minimum absolute atomic E-state index is 0.243. The molecular formula is C17H24N4. The van der Waals surface area contributed by atoms with Crippen molar-refractivity contribution in [2.75, 3.05) is 0 Å². The smallest absolute Gasteiger partial charge is 0.189 e. The van der Waals surface area contributed by atoms with Gasteiger partial charge in [0.05, 0.1) is 12.2 Å². The molecule has 112 valence electrons. The van der Waals surface area contributed by atoms with Gasteiger partial charge in [0.15, 0.2) is 5.96 Å². The van der Waals surface area contributed by atoms with E-state index in [4.69, 9.17) is 5.73 Å². The Kier molecular flexibility index (Phi) is 3.12. The Morgan fingerprint density at radius 3 is 2.43 bits per heavy atom. The Labute approximate surface area is 126 Å². The highest BCUT2D eigenvalue weighted by Gasteiger charge is 2.51. The van der Waals surface area contributed by atoms with E-state index in [1.807, 2.05) is 18.2 Å². The lowest BCUT2D eigenvalue weighted by molar-refractivity contribution is -0.0102. The molecule has 0 amide bonds. The van der Waals surface area contributed by atoms with E-state index in [9.17, 15) is 0 Å². The van der Waals surface area contributed by atoms with Gasteiger partial charge in [0.2, 0.25) is 0 Å². The lowest BCUT2D eigenvalue weighted by Crippen LogP contribution is -2.61. The standard InChI is InChI=1S/C17H24N4/c18-16(20-11-15-3-1-2-4-19-15)21-17-8-12-5-13(9-17)7-14(6-12)10-17/h1-4,12-14H,5-11H2,(H3,18,20,21). The van der Waals surface area contributed by atoms with Crippen molar-refractivity contribution in [2.45, 2.75) is 50.6 Å². The molecule has 0 aromatic carbocycles. The first kappa shape index (κ1) is 13.1. The highest BCUT2D eigenvalue weighted by Crippen LogP contribution is 2.55. The first-order valence-electron chi connectivity index (χ1n) is 8.19. The average Bonchev–Trinajstić information content (AvgIpc) is 2.44. The monoisotopic (exact) mass is 284 g/mol. The lowest BCUT2D eigenvalue weighted by atomic mass is 9.53. The lowest BCUT2D eigenvalue weighted by Gasteiger charge is -2.57. The van der Waals surface area contributed by atoms with Crippen molar-refractivity contribution >= 4 is 5.96 Å². The van der Waals surface area contributed by atoms with Gasteiger partial charge in [-0.1, -0.05) is 6.07 Å². The number of nitrogens with one attached hydrogen (secondary N) is 1. The third kappa shape index (κ3) is 2.63. The van der Waals surface area contributed by atoms with Crippen molar-refractivity contribution in [3.8, 4) is 0 Å². The van der Waals surface area contributed by atoms with E-state index >= 15 is 0 Å². The second-order valence-electron chi connectivity index (χ2n) is 7.35. The molecule has 4 saturated carbocycles. The number of aromatic nitrogens is 1. The molecule has 5 rings (SSSR count). The van der Waals surface area contributed by atoms with Gasteiger partial charge in [0, 0.05) is 11.7 Å². The van der Waals surface area contributed by atoms with Crippen LogP contribution in [-0.2, 0) is 6.54 Å². The SMILES string of the molecule is NC(=NCc1ccccn1)NC12CC3CC(CC(C3)C1)C2. The number of pyridine rings is 1. The van der Waals surface area contributed by atoms with Gasteiger partial charge in [-0.2, -0.15) is 0 Å². The van der Waals surface area contributed by atoms with E-state index in [0.29, 0.717) is 12.5 Å². The molecule has 4 aliphatic rings. The van der Waals surface area contributed by atoms with Crippen LogP contribution >= 0.6 is 0 Å². The van der Waals surface area contributed by atoms with Crippen LogP contribution < -0.4 is 11.1 Å². The van der Waals surface area contributed by atoms with E-state index in [0.717, 1.165) is 23.4 Å². The van der Waals surface area contributed by atoms with Crippen LogP contribution in [0, 0.1) is 17.8 Å². The molecule has 21 heavy (non-hydrogen) atoms. The number of nitrogens with two attached hydrogens (primary N) is 1. The summed E-state index contributed by atoms with van der Waals surface area (Å²) in [4.78, 5) is 8.78. The molecule has 0 atom stereocenters. The molecule has 1 aromatic rings. The quantitative estimate of drug-likeness (QED) is 0.662. The first-order valence-corrected chi connectivity index (χ1v) is 8.19. The van der Waals surface area contributed by atoms with Gasteiger partial charge < -0.3 is 11.1 Å². The molecule has 1 aromatic heterocycles.